The molecule has 0 N–H and O–H groups in total. The van der Waals surface area contributed by atoms with Crippen LogP contribution in [0.3, 0.4) is 0 Å². The number of hydrogen-bond donors (Lipinski definition) is 0. The molecule has 0 aromatic heterocycles. The first kappa shape index (κ1) is 19.9. The van der Waals surface area contributed by atoms with Crippen molar-refractivity contribution in [2.75, 3.05) is 6.61 Å². The zero-order valence-electron chi connectivity index (χ0n) is 15.9. The number of allylic oxidation sites excluding steroid dienone is 1. The standard InChI is InChI=1S/C24H22F4O/c1-2-15-9-10-17(22(26)21(15)25)8-5-14-3-6-16(7-4-14)18-11-12-19(20-13-29-20)24(28)23(18)27/h2,5,8-12,14,16,20H,1,3-4,6-7,13H2/b8-5+. The average molecular weight is 402 g/mol. The van der Waals surface area contributed by atoms with Crippen molar-refractivity contribution in [2.24, 2.45) is 5.92 Å². The van der Waals surface area contributed by atoms with Gasteiger partial charge in [-0.15, -0.1) is 0 Å². The normalized spacial score (nSPS) is 24.1. The molecule has 1 heterocycles. The molecule has 1 aliphatic heterocycles. The Morgan fingerprint density at radius 2 is 1.38 bits per heavy atom. The minimum absolute atomic E-state index is 0.0376. The van der Waals surface area contributed by atoms with Crippen LogP contribution in [0.2, 0.25) is 0 Å². The number of ether oxygens (including phenoxy) is 1. The highest BCUT2D eigenvalue weighted by atomic mass is 19.2. The second-order valence-electron chi connectivity index (χ2n) is 7.74. The molecular formula is C24H22F4O. The molecule has 5 heteroatoms. The van der Waals surface area contributed by atoms with Crippen molar-refractivity contribution in [1.82, 2.24) is 0 Å². The molecule has 1 saturated carbocycles. The van der Waals surface area contributed by atoms with Crippen LogP contribution in [-0.2, 0) is 4.74 Å². The molecule has 2 fully saturated rings. The molecule has 0 radical (unpaired) electrons. The van der Waals surface area contributed by atoms with Gasteiger partial charge in [-0.05, 0) is 43.1 Å². The zero-order valence-corrected chi connectivity index (χ0v) is 15.9. The third-order valence-electron chi connectivity index (χ3n) is 5.94. The fourth-order valence-corrected chi connectivity index (χ4v) is 4.10. The molecule has 1 unspecified atom stereocenters. The number of hydrogen-bond acceptors (Lipinski definition) is 1. The summed E-state index contributed by atoms with van der Waals surface area (Å²) in [7, 11) is 0. The Labute approximate surface area is 167 Å². The van der Waals surface area contributed by atoms with Crippen molar-refractivity contribution in [2.45, 2.75) is 37.7 Å². The molecule has 29 heavy (non-hydrogen) atoms. The molecule has 0 amide bonds. The van der Waals surface area contributed by atoms with Gasteiger partial charge in [0.25, 0.3) is 0 Å². The van der Waals surface area contributed by atoms with Crippen molar-refractivity contribution in [3.8, 4) is 0 Å². The van der Waals surface area contributed by atoms with Gasteiger partial charge in [-0.25, -0.2) is 17.6 Å². The maximum Gasteiger partial charge on any atom is 0.166 e. The molecule has 2 aliphatic rings. The van der Waals surface area contributed by atoms with Gasteiger partial charge in [0.1, 0.15) is 6.10 Å². The Balaban J connectivity index is 1.41. The van der Waals surface area contributed by atoms with Gasteiger partial charge in [-0.3, -0.25) is 0 Å². The summed E-state index contributed by atoms with van der Waals surface area (Å²) in [5.74, 6) is -3.19. The largest absolute Gasteiger partial charge is 0.368 e. The molecule has 1 atom stereocenters. The minimum atomic E-state index is -0.900. The summed E-state index contributed by atoms with van der Waals surface area (Å²) in [6.07, 6.45) is 7.44. The SMILES string of the molecule is C=Cc1ccc(/C=C/C2CCC(c3ccc(C4CO4)c(F)c3F)CC2)c(F)c1F. The lowest BCUT2D eigenvalue weighted by atomic mass is 9.78. The summed E-state index contributed by atoms with van der Waals surface area (Å²) in [5, 5.41) is 0. The van der Waals surface area contributed by atoms with Crippen LogP contribution < -0.4 is 0 Å². The first-order valence-electron chi connectivity index (χ1n) is 9.87. The molecule has 4 rings (SSSR count). The van der Waals surface area contributed by atoms with Crippen LogP contribution in [0.15, 0.2) is 36.9 Å². The molecule has 152 valence electrons. The highest BCUT2D eigenvalue weighted by Crippen LogP contribution is 2.40. The average Bonchev–Trinajstić information content (AvgIpc) is 3.57. The Hall–Kier alpha value is -2.40. The van der Waals surface area contributed by atoms with Crippen molar-refractivity contribution in [3.05, 3.63) is 82.4 Å². The molecule has 2 aromatic carbocycles. The Kier molecular flexibility index (Phi) is 5.59. The first-order valence-corrected chi connectivity index (χ1v) is 9.87. The molecule has 1 nitrogen and oxygen atoms in total. The van der Waals surface area contributed by atoms with Gasteiger partial charge in [-0.2, -0.15) is 0 Å². The van der Waals surface area contributed by atoms with E-state index in [0.29, 0.717) is 17.7 Å². The zero-order chi connectivity index (χ0) is 20.5. The van der Waals surface area contributed by atoms with E-state index in [4.69, 9.17) is 4.74 Å². The summed E-state index contributed by atoms with van der Waals surface area (Å²) in [5.41, 5.74) is 1.04. The van der Waals surface area contributed by atoms with Gasteiger partial charge in [0.2, 0.25) is 0 Å². The number of halogens is 4. The number of rotatable bonds is 5. The van der Waals surface area contributed by atoms with E-state index < -0.39 is 23.3 Å². The van der Waals surface area contributed by atoms with Crippen LogP contribution in [-0.4, -0.2) is 6.61 Å². The maximum absolute atomic E-state index is 14.5. The highest BCUT2D eigenvalue weighted by molar-refractivity contribution is 5.56. The van der Waals surface area contributed by atoms with Crippen molar-refractivity contribution in [3.63, 3.8) is 0 Å². The third kappa shape index (κ3) is 4.01. The van der Waals surface area contributed by atoms with E-state index >= 15 is 0 Å². The second-order valence-corrected chi connectivity index (χ2v) is 7.74. The molecule has 0 bridgehead atoms. The van der Waals surface area contributed by atoms with Crippen LogP contribution in [0.4, 0.5) is 17.6 Å². The van der Waals surface area contributed by atoms with Crippen molar-refractivity contribution in [1.29, 1.82) is 0 Å². The maximum atomic E-state index is 14.5. The van der Waals surface area contributed by atoms with E-state index in [2.05, 4.69) is 6.58 Å². The monoisotopic (exact) mass is 402 g/mol. The lowest BCUT2D eigenvalue weighted by molar-refractivity contribution is 0.361. The smallest absolute Gasteiger partial charge is 0.166 e. The van der Waals surface area contributed by atoms with Gasteiger partial charge in [-0.1, -0.05) is 49.1 Å². The molecule has 0 spiro atoms. The van der Waals surface area contributed by atoms with Gasteiger partial charge in [0.15, 0.2) is 23.3 Å². The second kappa shape index (κ2) is 8.15. The summed E-state index contributed by atoms with van der Waals surface area (Å²) in [4.78, 5) is 0. The summed E-state index contributed by atoms with van der Waals surface area (Å²) in [6.45, 7) is 3.90. The van der Waals surface area contributed by atoms with Crippen LogP contribution >= 0.6 is 0 Å². The molecular weight excluding hydrogens is 380 g/mol. The van der Waals surface area contributed by atoms with E-state index in [1.165, 1.54) is 18.2 Å². The fraction of sp³-hybridized carbons (Fsp3) is 0.333. The third-order valence-corrected chi connectivity index (χ3v) is 5.94. The van der Waals surface area contributed by atoms with E-state index in [0.717, 1.165) is 25.7 Å². The lowest BCUT2D eigenvalue weighted by Gasteiger charge is -2.27. The van der Waals surface area contributed by atoms with E-state index in [1.54, 1.807) is 18.2 Å². The predicted molar refractivity (Wildman–Crippen MR) is 105 cm³/mol. The summed E-state index contributed by atoms with van der Waals surface area (Å²) >= 11 is 0. The molecule has 1 saturated heterocycles. The first-order chi connectivity index (χ1) is 14.0. The summed E-state index contributed by atoms with van der Waals surface area (Å²) in [6, 6.07) is 6.33. The Morgan fingerprint density at radius 1 is 0.793 bits per heavy atom. The van der Waals surface area contributed by atoms with Crippen LogP contribution in [0.25, 0.3) is 12.2 Å². The predicted octanol–water partition coefficient (Wildman–Crippen LogP) is 6.94. The van der Waals surface area contributed by atoms with Gasteiger partial charge >= 0.3 is 0 Å². The van der Waals surface area contributed by atoms with Gasteiger partial charge in [0.05, 0.1) is 6.61 Å². The van der Waals surface area contributed by atoms with Gasteiger partial charge < -0.3 is 4.74 Å². The quantitative estimate of drug-likeness (QED) is 0.390. The minimum Gasteiger partial charge on any atom is -0.368 e. The van der Waals surface area contributed by atoms with Crippen LogP contribution in [0.5, 0.6) is 0 Å². The Bertz CT molecular complexity index is 954. The number of epoxide rings is 1. The van der Waals surface area contributed by atoms with Crippen molar-refractivity contribution >= 4 is 12.2 Å². The van der Waals surface area contributed by atoms with E-state index in [1.807, 2.05) is 6.08 Å². The molecule has 2 aromatic rings. The topological polar surface area (TPSA) is 12.5 Å². The fourth-order valence-electron chi connectivity index (χ4n) is 4.10. The molecule has 1 aliphatic carbocycles. The van der Waals surface area contributed by atoms with Crippen molar-refractivity contribution < 1.29 is 22.3 Å². The lowest BCUT2D eigenvalue weighted by Crippen LogP contribution is -2.14. The van der Waals surface area contributed by atoms with E-state index in [9.17, 15) is 17.6 Å². The number of benzene rings is 2. The van der Waals surface area contributed by atoms with E-state index in [-0.39, 0.29) is 29.1 Å². The Morgan fingerprint density at radius 3 is 2.03 bits per heavy atom. The van der Waals surface area contributed by atoms with Crippen LogP contribution in [0.1, 0.15) is 60.0 Å². The summed E-state index contributed by atoms with van der Waals surface area (Å²) < 4.78 is 61.8. The highest BCUT2D eigenvalue weighted by Gasteiger charge is 2.32. The van der Waals surface area contributed by atoms with Crippen LogP contribution in [0, 0.1) is 29.2 Å². The van der Waals surface area contributed by atoms with Gasteiger partial charge in [0, 0.05) is 16.7 Å².